The van der Waals surface area contributed by atoms with Gasteiger partial charge in [-0.15, -0.1) is 0 Å². The first-order valence-corrected chi connectivity index (χ1v) is 9.37. The standard InChI is InChI=1S/C18H36N4O3/c1-6-14(7-2)16-12-15(8-10-25-16)21-18(19-9-11-24-5)20-13-17(23)22(3)4/h14-16H,6-13H2,1-5H3,(H2,19,20,21). The number of rotatable bonds is 9. The van der Waals surface area contributed by atoms with Gasteiger partial charge in [-0.25, -0.2) is 4.99 Å². The average molecular weight is 357 g/mol. The van der Waals surface area contributed by atoms with Crippen molar-refractivity contribution in [3.8, 4) is 0 Å². The Bertz CT molecular complexity index is 411. The van der Waals surface area contributed by atoms with Crippen LogP contribution in [0.3, 0.4) is 0 Å². The van der Waals surface area contributed by atoms with Gasteiger partial charge in [0.1, 0.15) is 6.54 Å². The maximum absolute atomic E-state index is 11.8. The molecule has 2 atom stereocenters. The number of hydrogen-bond donors (Lipinski definition) is 2. The van der Waals surface area contributed by atoms with Gasteiger partial charge in [-0.2, -0.15) is 0 Å². The van der Waals surface area contributed by atoms with E-state index >= 15 is 0 Å². The number of hydrogen-bond acceptors (Lipinski definition) is 4. The van der Waals surface area contributed by atoms with Gasteiger partial charge in [-0.05, 0) is 18.8 Å². The van der Waals surface area contributed by atoms with E-state index in [0.717, 1.165) is 32.3 Å². The summed E-state index contributed by atoms with van der Waals surface area (Å²) in [5.74, 6) is 1.25. The Morgan fingerprint density at radius 3 is 2.68 bits per heavy atom. The summed E-state index contributed by atoms with van der Waals surface area (Å²) in [4.78, 5) is 17.8. The second-order valence-electron chi connectivity index (χ2n) is 6.72. The van der Waals surface area contributed by atoms with Crippen molar-refractivity contribution in [1.82, 2.24) is 15.5 Å². The van der Waals surface area contributed by atoms with Gasteiger partial charge in [-0.1, -0.05) is 26.7 Å². The average Bonchev–Trinajstić information content (AvgIpc) is 2.60. The third kappa shape index (κ3) is 8.05. The van der Waals surface area contributed by atoms with Crippen LogP contribution in [0, 0.1) is 5.92 Å². The van der Waals surface area contributed by atoms with E-state index in [-0.39, 0.29) is 12.5 Å². The molecule has 1 aliphatic heterocycles. The molecule has 1 heterocycles. The van der Waals surface area contributed by atoms with Crippen molar-refractivity contribution in [3.63, 3.8) is 0 Å². The Morgan fingerprint density at radius 1 is 1.36 bits per heavy atom. The normalized spacial score (nSPS) is 21.3. The highest BCUT2D eigenvalue weighted by Crippen LogP contribution is 2.25. The topological polar surface area (TPSA) is 75.2 Å². The Morgan fingerprint density at radius 2 is 2.08 bits per heavy atom. The molecule has 0 radical (unpaired) electrons. The van der Waals surface area contributed by atoms with Crippen LogP contribution in [0.1, 0.15) is 39.5 Å². The lowest BCUT2D eigenvalue weighted by atomic mass is 9.89. The predicted molar refractivity (Wildman–Crippen MR) is 101 cm³/mol. The zero-order valence-electron chi connectivity index (χ0n) is 16.5. The molecule has 7 heteroatoms. The van der Waals surface area contributed by atoms with Gasteiger partial charge in [0, 0.05) is 40.4 Å². The summed E-state index contributed by atoms with van der Waals surface area (Å²) in [5, 5.41) is 6.71. The Kier molecular flexibility index (Phi) is 10.5. The van der Waals surface area contributed by atoms with Gasteiger partial charge < -0.3 is 25.0 Å². The molecule has 1 rings (SSSR count). The van der Waals surface area contributed by atoms with E-state index in [1.54, 1.807) is 26.1 Å². The number of likely N-dealkylation sites (N-methyl/N-ethyl adjacent to an activating group) is 1. The molecule has 146 valence electrons. The van der Waals surface area contributed by atoms with Crippen LogP contribution in [0.4, 0.5) is 0 Å². The van der Waals surface area contributed by atoms with Gasteiger partial charge in [0.05, 0.1) is 12.7 Å². The molecule has 0 saturated carbocycles. The first kappa shape index (κ1) is 21.7. The molecule has 2 N–H and O–H groups in total. The molecule has 0 aromatic heterocycles. The largest absolute Gasteiger partial charge is 0.383 e. The van der Waals surface area contributed by atoms with E-state index in [4.69, 9.17) is 9.47 Å². The first-order chi connectivity index (χ1) is 12.0. The van der Waals surface area contributed by atoms with Crippen LogP contribution in [0.2, 0.25) is 0 Å². The smallest absolute Gasteiger partial charge is 0.243 e. The number of carbonyl (C=O) groups is 1. The highest BCUT2D eigenvalue weighted by molar-refractivity contribution is 5.84. The minimum atomic E-state index is -0.0188. The summed E-state index contributed by atoms with van der Waals surface area (Å²) < 4.78 is 11.1. The Balaban J connectivity index is 2.65. The SMILES string of the molecule is CCC(CC)C1CC(NC(=NCC(=O)N(C)C)NCCOC)CCO1. The molecular weight excluding hydrogens is 320 g/mol. The molecule has 0 bridgehead atoms. The van der Waals surface area contributed by atoms with Gasteiger partial charge >= 0.3 is 0 Å². The van der Waals surface area contributed by atoms with Gasteiger partial charge in [0.2, 0.25) is 5.91 Å². The monoisotopic (exact) mass is 356 g/mol. The molecular formula is C18H36N4O3. The summed E-state index contributed by atoms with van der Waals surface area (Å²) in [6, 6.07) is 0.308. The zero-order chi connectivity index (χ0) is 18.7. The van der Waals surface area contributed by atoms with Crippen molar-refractivity contribution in [2.75, 3.05) is 47.5 Å². The molecule has 1 saturated heterocycles. The van der Waals surface area contributed by atoms with E-state index in [2.05, 4.69) is 29.5 Å². The van der Waals surface area contributed by atoms with Crippen molar-refractivity contribution in [2.24, 2.45) is 10.9 Å². The second kappa shape index (κ2) is 12.1. The number of ether oxygens (including phenoxy) is 2. The van der Waals surface area contributed by atoms with E-state index in [0.29, 0.717) is 37.2 Å². The lowest BCUT2D eigenvalue weighted by Gasteiger charge is -2.35. The molecule has 2 unspecified atom stereocenters. The van der Waals surface area contributed by atoms with Crippen LogP contribution >= 0.6 is 0 Å². The molecule has 1 amide bonds. The Hall–Kier alpha value is -1.34. The summed E-state index contributed by atoms with van der Waals surface area (Å²) in [6.45, 7) is 6.58. The number of nitrogens with zero attached hydrogens (tertiary/aromatic N) is 2. The van der Waals surface area contributed by atoms with Crippen molar-refractivity contribution in [3.05, 3.63) is 0 Å². The lowest BCUT2D eigenvalue weighted by Crippen LogP contribution is -2.49. The van der Waals surface area contributed by atoms with E-state index < -0.39 is 0 Å². The van der Waals surface area contributed by atoms with Crippen LogP contribution in [0.15, 0.2) is 4.99 Å². The first-order valence-electron chi connectivity index (χ1n) is 9.37. The van der Waals surface area contributed by atoms with E-state index in [1.807, 2.05) is 0 Å². The molecule has 0 aliphatic carbocycles. The summed E-state index contributed by atoms with van der Waals surface area (Å²) in [5.41, 5.74) is 0. The van der Waals surface area contributed by atoms with E-state index in [1.165, 1.54) is 0 Å². The van der Waals surface area contributed by atoms with Gasteiger partial charge in [-0.3, -0.25) is 4.79 Å². The summed E-state index contributed by atoms with van der Waals surface area (Å²) in [7, 11) is 5.14. The highest BCUT2D eigenvalue weighted by atomic mass is 16.5. The maximum Gasteiger partial charge on any atom is 0.243 e. The fraction of sp³-hybridized carbons (Fsp3) is 0.889. The Labute approximate surface area is 152 Å². The number of amides is 1. The lowest BCUT2D eigenvalue weighted by molar-refractivity contribution is -0.127. The van der Waals surface area contributed by atoms with Crippen molar-refractivity contribution >= 4 is 11.9 Å². The molecule has 0 aromatic carbocycles. The molecule has 1 fully saturated rings. The minimum absolute atomic E-state index is 0.0188. The fourth-order valence-electron chi connectivity index (χ4n) is 3.01. The van der Waals surface area contributed by atoms with Crippen LogP contribution < -0.4 is 10.6 Å². The zero-order valence-corrected chi connectivity index (χ0v) is 16.5. The number of methoxy groups -OCH3 is 1. The maximum atomic E-state index is 11.8. The minimum Gasteiger partial charge on any atom is -0.383 e. The van der Waals surface area contributed by atoms with Gasteiger partial charge in [0.15, 0.2) is 5.96 Å². The quantitative estimate of drug-likeness (QED) is 0.369. The van der Waals surface area contributed by atoms with Crippen LogP contribution in [0.25, 0.3) is 0 Å². The molecule has 1 aliphatic rings. The highest BCUT2D eigenvalue weighted by Gasteiger charge is 2.28. The molecule has 25 heavy (non-hydrogen) atoms. The summed E-state index contributed by atoms with van der Waals surface area (Å²) in [6.07, 6.45) is 4.49. The number of aliphatic imine (C=N–C) groups is 1. The predicted octanol–water partition coefficient (Wildman–Crippen LogP) is 1.24. The van der Waals surface area contributed by atoms with Crippen LogP contribution in [-0.2, 0) is 14.3 Å². The second-order valence-corrected chi connectivity index (χ2v) is 6.72. The number of guanidine groups is 1. The number of nitrogens with one attached hydrogen (secondary N) is 2. The van der Waals surface area contributed by atoms with Crippen LogP contribution in [0.5, 0.6) is 0 Å². The van der Waals surface area contributed by atoms with Crippen molar-refractivity contribution in [1.29, 1.82) is 0 Å². The van der Waals surface area contributed by atoms with Crippen LogP contribution in [-0.4, -0.2) is 76.4 Å². The van der Waals surface area contributed by atoms with Gasteiger partial charge in [0.25, 0.3) is 0 Å². The molecule has 7 nitrogen and oxygen atoms in total. The fourth-order valence-corrected chi connectivity index (χ4v) is 3.01. The third-order valence-electron chi connectivity index (χ3n) is 4.70. The molecule has 0 aromatic rings. The summed E-state index contributed by atoms with van der Waals surface area (Å²) >= 11 is 0. The van der Waals surface area contributed by atoms with Crippen molar-refractivity contribution in [2.45, 2.75) is 51.7 Å². The van der Waals surface area contributed by atoms with E-state index in [9.17, 15) is 4.79 Å². The molecule has 0 spiro atoms. The van der Waals surface area contributed by atoms with Crippen molar-refractivity contribution < 1.29 is 14.3 Å². The number of carbonyl (C=O) groups excluding carboxylic acids is 1. The third-order valence-corrected chi connectivity index (χ3v) is 4.70.